The topological polar surface area (TPSA) is 35.5 Å². The van der Waals surface area contributed by atoms with Crippen LogP contribution in [0.25, 0.3) is 0 Å². The van der Waals surface area contributed by atoms with Crippen LogP contribution in [0.3, 0.4) is 0 Å². The van der Waals surface area contributed by atoms with Crippen LogP contribution >= 0.6 is 11.6 Å². The number of rotatable bonds is 4. The highest BCUT2D eigenvalue weighted by atomic mass is 35.5. The monoisotopic (exact) mass is 214 g/mol. The number of alkyl halides is 1. The highest BCUT2D eigenvalue weighted by molar-refractivity contribution is 6.26. The van der Waals surface area contributed by atoms with Crippen LogP contribution in [0.15, 0.2) is 24.3 Å². The van der Waals surface area contributed by atoms with E-state index in [0.29, 0.717) is 12.4 Å². The molecule has 1 aromatic rings. The molecule has 1 aromatic carbocycles. The number of carbonyl (C=O) groups excluding carboxylic acids is 1. The molecular formula is C10H11ClO3. The molecule has 0 fully saturated rings. The molecule has 0 spiro atoms. The average molecular weight is 215 g/mol. The number of hydrogen-bond acceptors (Lipinski definition) is 3. The van der Waals surface area contributed by atoms with Crippen molar-refractivity contribution in [1.82, 2.24) is 0 Å². The Morgan fingerprint density at radius 3 is 2.36 bits per heavy atom. The van der Waals surface area contributed by atoms with Crippen molar-refractivity contribution in [3.05, 3.63) is 24.3 Å². The number of halogens is 1. The largest absolute Gasteiger partial charge is 0.494 e. The van der Waals surface area contributed by atoms with E-state index >= 15 is 0 Å². The van der Waals surface area contributed by atoms with Crippen molar-refractivity contribution in [1.29, 1.82) is 0 Å². The first kappa shape index (κ1) is 10.9. The molecule has 4 heteroatoms. The maximum atomic E-state index is 10.8. The van der Waals surface area contributed by atoms with E-state index in [1.165, 1.54) is 0 Å². The molecular weight excluding hydrogens is 204 g/mol. The summed E-state index contributed by atoms with van der Waals surface area (Å²) in [5.41, 5.74) is 0. The molecule has 0 aliphatic heterocycles. The Balaban J connectivity index is 2.59. The van der Waals surface area contributed by atoms with E-state index in [1.807, 2.05) is 6.92 Å². The lowest BCUT2D eigenvalue weighted by Crippen LogP contribution is -2.08. The fourth-order valence-corrected chi connectivity index (χ4v) is 0.984. The molecule has 0 saturated carbocycles. The molecule has 0 aliphatic rings. The first-order chi connectivity index (χ1) is 6.76. The van der Waals surface area contributed by atoms with Gasteiger partial charge in [-0.2, -0.15) is 0 Å². The quantitative estimate of drug-likeness (QED) is 0.438. The number of hydrogen-bond donors (Lipinski definition) is 0. The van der Waals surface area contributed by atoms with Crippen LogP contribution in [-0.4, -0.2) is 18.5 Å². The van der Waals surface area contributed by atoms with Crippen molar-refractivity contribution >= 4 is 17.6 Å². The minimum Gasteiger partial charge on any atom is -0.494 e. The average Bonchev–Trinajstić information content (AvgIpc) is 2.21. The van der Waals surface area contributed by atoms with E-state index in [2.05, 4.69) is 0 Å². The molecule has 0 radical (unpaired) electrons. The van der Waals surface area contributed by atoms with E-state index in [1.54, 1.807) is 24.3 Å². The van der Waals surface area contributed by atoms with Gasteiger partial charge in [-0.15, -0.1) is 11.6 Å². The maximum Gasteiger partial charge on any atom is 0.326 e. The summed E-state index contributed by atoms with van der Waals surface area (Å²) < 4.78 is 10.1. The minimum atomic E-state index is -0.462. The second kappa shape index (κ2) is 5.50. The minimum absolute atomic E-state index is 0.146. The van der Waals surface area contributed by atoms with Crippen LogP contribution in [0.2, 0.25) is 0 Å². The molecule has 1 rings (SSSR count). The van der Waals surface area contributed by atoms with Crippen molar-refractivity contribution in [2.75, 3.05) is 12.5 Å². The van der Waals surface area contributed by atoms with Gasteiger partial charge in [0.1, 0.15) is 17.4 Å². The summed E-state index contributed by atoms with van der Waals surface area (Å²) in [4.78, 5) is 10.8. The zero-order chi connectivity index (χ0) is 10.4. The van der Waals surface area contributed by atoms with Crippen LogP contribution in [0.4, 0.5) is 0 Å². The summed E-state index contributed by atoms with van der Waals surface area (Å²) in [6.45, 7) is 2.52. The molecule has 14 heavy (non-hydrogen) atoms. The zero-order valence-corrected chi connectivity index (χ0v) is 8.58. The van der Waals surface area contributed by atoms with E-state index in [-0.39, 0.29) is 5.88 Å². The lowest BCUT2D eigenvalue weighted by Gasteiger charge is -2.04. The van der Waals surface area contributed by atoms with Crippen molar-refractivity contribution in [3.8, 4) is 11.5 Å². The van der Waals surface area contributed by atoms with Crippen LogP contribution in [-0.2, 0) is 4.79 Å². The van der Waals surface area contributed by atoms with Crippen LogP contribution in [0.1, 0.15) is 6.92 Å². The molecule has 0 aliphatic carbocycles. The highest BCUT2D eigenvalue weighted by Gasteiger charge is 2.02. The third-order valence-electron chi connectivity index (χ3n) is 1.48. The number of benzene rings is 1. The van der Waals surface area contributed by atoms with Gasteiger partial charge >= 0.3 is 5.97 Å². The Morgan fingerprint density at radius 1 is 1.29 bits per heavy atom. The van der Waals surface area contributed by atoms with Crippen molar-refractivity contribution in [2.45, 2.75) is 6.92 Å². The second-order valence-electron chi connectivity index (χ2n) is 2.51. The van der Waals surface area contributed by atoms with Gasteiger partial charge in [-0.05, 0) is 31.2 Å². The van der Waals surface area contributed by atoms with Gasteiger partial charge in [0.15, 0.2) is 0 Å². The SMILES string of the molecule is CCOc1ccc(OC(=O)CCl)cc1. The van der Waals surface area contributed by atoms with E-state index in [9.17, 15) is 4.79 Å². The Hall–Kier alpha value is -1.22. The summed E-state index contributed by atoms with van der Waals surface area (Å²) in [7, 11) is 0. The molecule has 0 unspecified atom stereocenters. The normalized spacial score (nSPS) is 9.57. The molecule has 0 amide bonds. The Labute approximate surface area is 87.6 Å². The highest BCUT2D eigenvalue weighted by Crippen LogP contribution is 2.17. The van der Waals surface area contributed by atoms with E-state index in [4.69, 9.17) is 21.1 Å². The fraction of sp³-hybridized carbons (Fsp3) is 0.300. The molecule has 0 atom stereocenters. The van der Waals surface area contributed by atoms with Crippen LogP contribution < -0.4 is 9.47 Å². The summed E-state index contributed by atoms with van der Waals surface area (Å²) in [5.74, 6) is 0.612. The summed E-state index contributed by atoms with van der Waals surface area (Å²) in [6, 6.07) is 6.80. The number of ether oxygens (including phenoxy) is 2. The number of carbonyl (C=O) groups is 1. The van der Waals surface area contributed by atoms with Crippen LogP contribution in [0, 0.1) is 0 Å². The van der Waals surface area contributed by atoms with Gasteiger partial charge in [-0.3, -0.25) is 4.79 Å². The molecule has 0 aromatic heterocycles. The smallest absolute Gasteiger partial charge is 0.326 e. The Kier molecular flexibility index (Phi) is 4.26. The lowest BCUT2D eigenvalue weighted by molar-refractivity contribution is -0.131. The van der Waals surface area contributed by atoms with Gasteiger partial charge in [0, 0.05) is 0 Å². The first-order valence-corrected chi connectivity index (χ1v) is 4.79. The van der Waals surface area contributed by atoms with Gasteiger partial charge in [0.05, 0.1) is 6.61 Å². The van der Waals surface area contributed by atoms with E-state index < -0.39 is 5.97 Å². The summed E-state index contributed by atoms with van der Waals surface area (Å²) >= 11 is 5.28. The van der Waals surface area contributed by atoms with Crippen molar-refractivity contribution in [3.63, 3.8) is 0 Å². The van der Waals surface area contributed by atoms with Crippen LogP contribution in [0.5, 0.6) is 11.5 Å². The predicted molar refractivity (Wildman–Crippen MR) is 54.0 cm³/mol. The first-order valence-electron chi connectivity index (χ1n) is 4.25. The molecule has 0 N–H and O–H groups in total. The van der Waals surface area contributed by atoms with Crippen molar-refractivity contribution in [2.24, 2.45) is 0 Å². The fourth-order valence-electron chi connectivity index (χ4n) is 0.929. The molecule has 0 saturated heterocycles. The maximum absolute atomic E-state index is 10.8. The van der Waals surface area contributed by atoms with Crippen molar-refractivity contribution < 1.29 is 14.3 Å². The molecule has 0 heterocycles. The Morgan fingerprint density at radius 2 is 1.86 bits per heavy atom. The van der Waals surface area contributed by atoms with E-state index in [0.717, 1.165) is 5.75 Å². The van der Waals surface area contributed by atoms with Gasteiger partial charge in [0.2, 0.25) is 0 Å². The third kappa shape index (κ3) is 3.26. The van der Waals surface area contributed by atoms with Gasteiger partial charge in [0.25, 0.3) is 0 Å². The second-order valence-corrected chi connectivity index (χ2v) is 2.78. The number of esters is 1. The lowest BCUT2D eigenvalue weighted by atomic mass is 10.3. The van der Waals surface area contributed by atoms with Gasteiger partial charge in [-0.25, -0.2) is 0 Å². The zero-order valence-electron chi connectivity index (χ0n) is 7.83. The third-order valence-corrected chi connectivity index (χ3v) is 1.69. The molecule has 3 nitrogen and oxygen atoms in total. The molecule has 76 valence electrons. The molecule has 0 bridgehead atoms. The van der Waals surface area contributed by atoms with Gasteiger partial charge in [-0.1, -0.05) is 0 Å². The predicted octanol–water partition coefficient (Wildman–Crippen LogP) is 2.23. The van der Waals surface area contributed by atoms with Gasteiger partial charge < -0.3 is 9.47 Å². The summed E-state index contributed by atoms with van der Waals surface area (Å²) in [5, 5.41) is 0. The standard InChI is InChI=1S/C10H11ClO3/c1-2-13-8-3-5-9(6-4-8)14-10(12)7-11/h3-6H,2,7H2,1H3. The summed E-state index contributed by atoms with van der Waals surface area (Å²) in [6.07, 6.45) is 0. The Bertz CT molecular complexity index is 295.